The molecule has 1 heteroatoms. The van der Waals surface area contributed by atoms with Gasteiger partial charge in [0.15, 0.2) is 0 Å². The fourth-order valence-corrected chi connectivity index (χ4v) is 1.78. The maximum atomic E-state index is 6.08. The van der Waals surface area contributed by atoms with Gasteiger partial charge in [-0.15, -0.1) is 0 Å². The van der Waals surface area contributed by atoms with Crippen LogP contribution in [0.1, 0.15) is 24.0 Å². The summed E-state index contributed by atoms with van der Waals surface area (Å²) in [4.78, 5) is 0. The molecule has 1 fully saturated rings. The molecule has 1 saturated carbocycles. The Balaban J connectivity index is 2.03. The summed E-state index contributed by atoms with van der Waals surface area (Å²) >= 11 is 0. The largest absolute Gasteiger partial charge is 0.327 e. The fourth-order valence-electron chi connectivity index (χ4n) is 1.78. The molecule has 2 rings (SSSR count). The molecule has 70 valence electrons. The van der Waals surface area contributed by atoms with Crippen LogP contribution in [0, 0.1) is 12.8 Å². The normalized spacial score (nSPS) is 18.6. The summed E-state index contributed by atoms with van der Waals surface area (Å²) in [6.45, 7) is 2.16. The molecule has 1 aliphatic rings. The molecule has 0 aromatic heterocycles. The lowest BCUT2D eigenvalue weighted by Crippen LogP contribution is -2.25. The first-order valence-electron chi connectivity index (χ1n) is 5.07. The maximum absolute atomic E-state index is 6.08. The van der Waals surface area contributed by atoms with Gasteiger partial charge in [0, 0.05) is 6.04 Å². The van der Waals surface area contributed by atoms with Crippen molar-refractivity contribution in [2.45, 2.75) is 32.2 Å². The molecule has 1 aromatic carbocycles. The number of rotatable bonds is 3. The Morgan fingerprint density at radius 1 is 1.38 bits per heavy atom. The Morgan fingerprint density at radius 3 is 2.69 bits per heavy atom. The molecule has 1 nitrogen and oxygen atoms in total. The molecule has 0 amide bonds. The van der Waals surface area contributed by atoms with Crippen LogP contribution in [-0.4, -0.2) is 6.04 Å². The molecular weight excluding hydrogens is 158 g/mol. The minimum absolute atomic E-state index is 0.390. The van der Waals surface area contributed by atoms with E-state index in [9.17, 15) is 0 Å². The minimum atomic E-state index is 0.390. The minimum Gasteiger partial charge on any atom is -0.327 e. The number of nitrogens with two attached hydrogens (primary N) is 1. The molecule has 0 spiro atoms. The summed E-state index contributed by atoms with van der Waals surface area (Å²) < 4.78 is 0. The first-order valence-corrected chi connectivity index (χ1v) is 5.07. The number of benzene rings is 1. The van der Waals surface area contributed by atoms with E-state index in [1.54, 1.807) is 0 Å². The molecule has 2 N–H and O–H groups in total. The van der Waals surface area contributed by atoms with Gasteiger partial charge in [-0.3, -0.25) is 0 Å². The third kappa shape index (κ3) is 2.10. The summed E-state index contributed by atoms with van der Waals surface area (Å²) in [5.41, 5.74) is 8.87. The molecule has 0 unspecified atom stereocenters. The van der Waals surface area contributed by atoms with Gasteiger partial charge in [0.2, 0.25) is 0 Å². The van der Waals surface area contributed by atoms with Crippen LogP contribution in [0.3, 0.4) is 0 Å². The zero-order chi connectivity index (χ0) is 9.26. The van der Waals surface area contributed by atoms with Crippen LogP contribution in [-0.2, 0) is 6.42 Å². The fraction of sp³-hybridized carbons (Fsp3) is 0.500. The van der Waals surface area contributed by atoms with Gasteiger partial charge in [-0.25, -0.2) is 0 Å². The molecule has 1 atom stereocenters. The van der Waals surface area contributed by atoms with Gasteiger partial charge in [0.05, 0.1) is 0 Å². The van der Waals surface area contributed by atoms with E-state index >= 15 is 0 Å². The molecule has 0 aliphatic heterocycles. The highest BCUT2D eigenvalue weighted by atomic mass is 14.7. The quantitative estimate of drug-likeness (QED) is 0.749. The van der Waals surface area contributed by atoms with Crippen molar-refractivity contribution in [3.63, 3.8) is 0 Å². The smallest absolute Gasteiger partial charge is 0.0108 e. The van der Waals surface area contributed by atoms with Gasteiger partial charge in [-0.2, -0.15) is 0 Å². The first-order chi connectivity index (χ1) is 6.27. The predicted octanol–water partition coefficient (Wildman–Crippen LogP) is 2.27. The Morgan fingerprint density at radius 2 is 2.08 bits per heavy atom. The van der Waals surface area contributed by atoms with Crippen LogP contribution in [0.4, 0.5) is 0 Å². The molecule has 0 heterocycles. The topological polar surface area (TPSA) is 26.0 Å². The second-order valence-electron chi connectivity index (χ2n) is 4.13. The van der Waals surface area contributed by atoms with Crippen molar-refractivity contribution in [2.24, 2.45) is 11.7 Å². The molecule has 13 heavy (non-hydrogen) atoms. The molecule has 1 aromatic rings. The maximum Gasteiger partial charge on any atom is 0.0108 e. The van der Waals surface area contributed by atoms with E-state index in [4.69, 9.17) is 5.73 Å². The van der Waals surface area contributed by atoms with Gasteiger partial charge in [-0.05, 0) is 43.2 Å². The SMILES string of the molecule is Cc1ccccc1C[C@H](N)C1CC1. The highest BCUT2D eigenvalue weighted by Gasteiger charge is 2.28. The van der Waals surface area contributed by atoms with Crippen molar-refractivity contribution in [1.82, 2.24) is 0 Å². The van der Waals surface area contributed by atoms with Crippen LogP contribution >= 0.6 is 0 Å². The lowest BCUT2D eigenvalue weighted by molar-refractivity contribution is 0.590. The molecule has 0 bridgehead atoms. The molecule has 0 saturated heterocycles. The van der Waals surface area contributed by atoms with Gasteiger partial charge >= 0.3 is 0 Å². The second-order valence-corrected chi connectivity index (χ2v) is 4.13. The van der Waals surface area contributed by atoms with E-state index in [2.05, 4.69) is 31.2 Å². The first kappa shape index (κ1) is 8.76. The van der Waals surface area contributed by atoms with Crippen LogP contribution in [0.15, 0.2) is 24.3 Å². The van der Waals surface area contributed by atoms with Crippen LogP contribution < -0.4 is 5.73 Å². The standard InChI is InChI=1S/C12H17N/c1-9-4-2-3-5-11(9)8-12(13)10-6-7-10/h2-5,10,12H,6-8,13H2,1H3/t12-/m0/s1. The summed E-state index contributed by atoms with van der Waals surface area (Å²) in [5.74, 6) is 0.805. The summed E-state index contributed by atoms with van der Waals surface area (Å²) in [6.07, 6.45) is 3.73. The van der Waals surface area contributed by atoms with E-state index in [-0.39, 0.29) is 0 Å². The van der Waals surface area contributed by atoms with E-state index in [1.165, 1.54) is 24.0 Å². The average molecular weight is 175 g/mol. The van der Waals surface area contributed by atoms with Crippen molar-refractivity contribution in [2.75, 3.05) is 0 Å². The van der Waals surface area contributed by atoms with Crippen LogP contribution in [0.5, 0.6) is 0 Å². The summed E-state index contributed by atoms with van der Waals surface area (Å²) in [6, 6.07) is 8.93. The highest BCUT2D eigenvalue weighted by Crippen LogP contribution is 2.33. The Bertz CT molecular complexity index is 289. The monoisotopic (exact) mass is 175 g/mol. The third-order valence-electron chi connectivity index (χ3n) is 2.94. The zero-order valence-corrected chi connectivity index (χ0v) is 8.16. The lowest BCUT2D eigenvalue weighted by Gasteiger charge is -2.11. The summed E-state index contributed by atoms with van der Waals surface area (Å²) in [7, 11) is 0. The number of hydrogen-bond acceptors (Lipinski definition) is 1. The van der Waals surface area contributed by atoms with E-state index in [0.717, 1.165) is 12.3 Å². The lowest BCUT2D eigenvalue weighted by atomic mass is 9.99. The number of hydrogen-bond donors (Lipinski definition) is 1. The average Bonchev–Trinajstić information content (AvgIpc) is 2.91. The molecular formula is C12H17N. The summed E-state index contributed by atoms with van der Waals surface area (Å²) in [5, 5.41) is 0. The van der Waals surface area contributed by atoms with Gasteiger partial charge in [-0.1, -0.05) is 24.3 Å². The van der Waals surface area contributed by atoms with Gasteiger partial charge in [0.1, 0.15) is 0 Å². The Hall–Kier alpha value is -0.820. The third-order valence-corrected chi connectivity index (χ3v) is 2.94. The van der Waals surface area contributed by atoms with Crippen molar-refractivity contribution < 1.29 is 0 Å². The predicted molar refractivity (Wildman–Crippen MR) is 55.6 cm³/mol. The van der Waals surface area contributed by atoms with Crippen molar-refractivity contribution in [1.29, 1.82) is 0 Å². The van der Waals surface area contributed by atoms with E-state index in [1.807, 2.05) is 0 Å². The van der Waals surface area contributed by atoms with Crippen molar-refractivity contribution in [3.05, 3.63) is 35.4 Å². The Kier molecular flexibility index (Phi) is 2.36. The van der Waals surface area contributed by atoms with Gasteiger partial charge in [0.25, 0.3) is 0 Å². The Labute approximate surface area is 80.0 Å². The molecule has 0 radical (unpaired) electrons. The van der Waals surface area contributed by atoms with E-state index in [0.29, 0.717) is 6.04 Å². The second kappa shape index (κ2) is 3.51. The van der Waals surface area contributed by atoms with Gasteiger partial charge < -0.3 is 5.73 Å². The van der Waals surface area contributed by atoms with Crippen LogP contribution in [0.2, 0.25) is 0 Å². The van der Waals surface area contributed by atoms with Crippen molar-refractivity contribution >= 4 is 0 Å². The van der Waals surface area contributed by atoms with E-state index < -0.39 is 0 Å². The number of aryl methyl sites for hydroxylation is 1. The highest BCUT2D eigenvalue weighted by molar-refractivity contribution is 5.26. The molecule has 1 aliphatic carbocycles. The zero-order valence-electron chi connectivity index (χ0n) is 8.16. The van der Waals surface area contributed by atoms with Crippen molar-refractivity contribution in [3.8, 4) is 0 Å². The van der Waals surface area contributed by atoms with Crippen LogP contribution in [0.25, 0.3) is 0 Å².